The third kappa shape index (κ3) is 5.79. The molecule has 0 bridgehead atoms. The molecule has 1 heterocycles. The molecule has 0 aliphatic heterocycles. The van der Waals surface area contributed by atoms with E-state index in [1.54, 1.807) is 24.3 Å². The van der Waals surface area contributed by atoms with Crippen molar-refractivity contribution in [3.63, 3.8) is 0 Å². The number of hydrazine groups is 1. The number of aromatic nitrogens is 2. The first-order valence-corrected chi connectivity index (χ1v) is 9.45. The molecule has 0 unspecified atom stereocenters. The van der Waals surface area contributed by atoms with Crippen LogP contribution >= 0.6 is 11.8 Å². The second-order valence-electron chi connectivity index (χ2n) is 5.66. The average molecular weight is 427 g/mol. The van der Waals surface area contributed by atoms with E-state index in [1.807, 2.05) is 6.07 Å². The summed E-state index contributed by atoms with van der Waals surface area (Å²) < 4.78 is 23.6. The number of nitrogens with one attached hydrogen (secondary N) is 2. The van der Waals surface area contributed by atoms with E-state index < -0.39 is 11.8 Å². The van der Waals surface area contributed by atoms with Crippen LogP contribution in [0.15, 0.2) is 58.2 Å². The topological polar surface area (TPSA) is 130 Å². The Kier molecular flexibility index (Phi) is 6.96. The molecular weight excluding hydrogens is 413 g/mol. The molecular formula is C19H14FN5O4S. The summed E-state index contributed by atoms with van der Waals surface area (Å²) in [6.07, 6.45) is 0. The van der Waals surface area contributed by atoms with Crippen LogP contribution in [0.4, 0.5) is 4.39 Å². The Bertz CT molecular complexity index is 1080. The van der Waals surface area contributed by atoms with Crippen molar-refractivity contribution in [1.29, 1.82) is 5.26 Å². The maximum atomic E-state index is 12.9. The molecule has 30 heavy (non-hydrogen) atoms. The number of thioether (sulfide) groups is 1. The minimum Gasteiger partial charge on any atom is -0.482 e. The highest BCUT2D eigenvalue weighted by Crippen LogP contribution is 2.23. The number of amides is 2. The molecule has 2 N–H and O–H groups in total. The zero-order valence-corrected chi connectivity index (χ0v) is 16.1. The monoisotopic (exact) mass is 427 g/mol. The highest BCUT2D eigenvalue weighted by molar-refractivity contribution is 7.99. The molecule has 9 nitrogen and oxygen atoms in total. The van der Waals surface area contributed by atoms with Crippen molar-refractivity contribution in [3.05, 3.63) is 59.9 Å². The maximum Gasteiger partial charge on any atom is 0.277 e. The zero-order chi connectivity index (χ0) is 21.3. The fraction of sp³-hybridized carbons (Fsp3) is 0.105. The molecule has 152 valence electrons. The molecule has 0 spiro atoms. The van der Waals surface area contributed by atoms with Crippen molar-refractivity contribution in [3.8, 4) is 23.3 Å². The van der Waals surface area contributed by atoms with Crippen LogP contribution in [0.5, 0.6) is 5.75 Å². The Morgan fingerprint density at radius 2 is 1.83 bits per heavy atom. The number of hydrogen-bond acceptors (Lipinski definition) is 8. The summed E-state index contributed by atoms with van der Waals surface area (Å²) in [5, 5.41) is 16.7. The van der Waals surface area contributed by atoms with Crippen molar-refractivity contribution in [2.75, 3.05) is 12.4 Å². The average Bonchev–Trinajstić information content (AvgIpc) is 3.24. The summed E-state index contributed by atoms with van der Waals surface area (Å²) >= 11 is 0.969. The zero-order valence-electron chi connectivity index (χ0n) is 15.3. The summed E-state index contributed by atoms with van der Waals surface area (Å²) in [7, 11) is 0. The maximum absolute atomic E-state index is 12.9. The van der Waals surface area contributed by atoms with E-state index in [0.29, 0.717) is 11.1 Å². The van der Waals surface area contributed by atoms with Crippen molar-refractivity contribution < 1.29 is 23.1 Å². The van der Waals surface area contributed by atoms with Crippen LogP contribution in [0.1, 0.15) is 5.56 Å². The fourth-order valence-corrected chi connectivity index (χ4v) is 2.71. The number of carbonyl (C=O) groups excluding carboxylic acids is 2. The molecule has 0 saturated heterocycles. The summed E-state index contributed by atoms with van der Waals surface area (Å²) in [4.78, 5) is 23.6. The lowest BCUT2D eigenvalue weighted by Gasteiger charge is -2.09. The van der Waals surface area contributed by atoms with Crippen LogP contribution in [-0.2, 0) is 9.59 Å². The molecule has 11 heteroatoms. The van der Waals surface area contributed by atoms with Gasteiger partial charge in [0.2, 0.25) is 11.8 Å². The molecule has 3 aromatic rings. The molecule has 1 aromatic heterocycles. The minimum absolute atomic E-state index is 0.0938. The van der Waals surface area contributed by atoms with E-state index in [9.17, 15) is 14.0 Å². The molecule has 0 aliphatic carbocycles. The second-order valence-corrected chi connectivity index (χ2v) is 6.59. The lowest BCUT2D eigenvalue weighted by Crippen LogP contribution is -2.44. The third-order valence-electron chi connectivity index (χ3n) is 3.53. The number of ether oxygens (including phenoxy) is 1. The van der Waals surface area contributed by atoms with Gasteiger partial charge in [-0.15, -0.1) is 10.2 Å². The predicted octanol–water partition coefficient (Wildman–Crippen LogP) is 2.07. The first kappa shape index (κ1) is 20.8. The summed E-state index contributed by atoms with van der Waals surface area (Å²) in [5.74, 6) is -1.12. The fourth-order valence-electron chi connectivity index (χ4n) is 2.14. The molecule has 3 rings (SSSR count). The number of hydrogen-bond donors (Lipinski definition) is 2. The quantitative estimate of drug-likeness (QED) is 0.433. The van der Waals surface area contributed by atoms with Crippen LogP contribution in [-0.4, -0.2) is 34.4 Å². The molecule has 0 radical (unpaired) electrons. The van der Waals surface area contributed by atoms with E-state index in [0.717, 1.165) is 11.8 Å². The van der Waals surface area contributed by atoms with Gasteiger partial charge in [0, 0.05) is 5.56 Å². The molecule has 0 saturated carbocycles. The smallest absolute Gasteiger partial charge is 0.277 e. The van der Waals surface area contributed by atoms with Crippen LogP contribution in [0, 0.1) is 17.1 Å². The molecule has 2 aromatic carbocycles. The minimum atomic E-state index is -0.600. The number of nitrogens with zero attached hydrogens (tertiary/aromatic N) is 3. The number of para-hydroxylation sites is 1. The van der Waals surface area contributed by atoms with Crippen LogP contribution in [0.3, 0.4) is 0 Å². The summed E-state index contributed by atoms with van der Waals surface area (Å²) in [5.41, 5.74) is 5.27. The Hall–Kier alpha value is -3.91. The first-order chi connectivity index (χ1) is 14.5. The van der Waals surface area contributed by atoms with E-state index in [2.05, 4.69) is 21.0 Å². The Labute approximate surface area is 174 Å². The van der Waals surface area contributed by atoms with E-state index in [-0.39, 0.29) is 35.0 Å². The molecule has 0 fully saturated rings. The van der Waals surface area contributed by atoms with Gasteiger partial charge in [0.15, 0.2) is 6.61 Å². The lowest BCUT2D eigenvalue weighted by atomic mass is 10.2. The van der Waals surface area contributed by atoms with Crippen molar-refractivity contribution in [2.45, 2.75) is 5.22 Å². The van der Waals surface area contributed by atoms with E-state index in [4.69, 9.17) is 14.4 Å². The lowest BCUT2D eigenvalue weighted by molar-refractivity contribution is -0.128. The molecule has 0 aliphatic rings. The number of benzene rings is 2. The molecule has 2 amide bonds. The predicted molar refractivity (Wildman–Crippen MR) is 103 cm³/mol. The summed E-state index contributed by atoms with van der Waals surface area (Å²) in [6.45, 7) is -0.378. The first-order valence-electron chi connectivity index (χ1n) is 8.47. The van der Waals surface area contributed by atoms with Crippen LogP contribution < -0.4 is 15.6 Å². The van der Waals surface area contributed by atoms with Gasteiger partial charge in [0.1, 0.15) is 17.6 Å². The Balaban J connectivity index is 1.40. The number of nitriles is 1. The van der Waals surface area contributed by atoms with Gasteiger partial charge < -0.3 is 9.15 Å². The van der Waals surface area contributed by atoms with E-state index >= 15 is 0 Å². The van der Waals surface area contributed by atoms with Crippen LogP contribution in [0.25, 0.3) is 11.5 Å². The van der Waals surface area contributed by atoms with Crippen molar-refractivity contribution >= 4 is 23.6 Å². The third-order valence-corrected chi connectivity index (χ3v) is 4.35. The Morgan fingerprint density at radius 1 is 1.10 bits per heavy atom. The normalized spacial score (nSPS) is 10.1. The van der Waals surface area contributed by atoms with Gasteiger partial charge in [-0.05, 0) is 36.4 Å². The van der Waals surface area contributed by atoms with Gasteiger partial charge in [0.25, 0.3) is 11.1 Å². The van der Waals surface area contributed by atoms with Gasteiger partial charge in [-0.25, -0.2) is 4.39 Å². The standard InChI is InChI=1S/C19H14FN5O4S/c20-14-7-5-12(6-8-14)18-24-25-19(29-18)30-11-17(27)23-22-16(26)10-28-15-4-2-1-3-13(15)9-21/h1-8H,10-11H2,(H,22,26)(H,23,27). The van der Waals surface area contributed by atoms with Gasteiger partial charge >= 0.3 is 0 Å². The SMILES string of the molecule is N#Cc1ccccc1OCC(=O)NNC(=O)CSc1nnc(-c2ccc(F)cc2)o1. The number of halogens is 1. The van der Waals surface area contributed by atoms with Crippen molar-refractivity contribution in [1.82, 2.24) is 21.0 Å². The van der Waals surface area contributed by atoms with E-state index in [1.165, 1.54) is 24.3 Å². The number of carbonyl (C=O) groups is 2. The molecule has 0 atom stereocenters. The second kappa shape index (κ2) is 10.0. The van der Waals surface area contributed by atoms with Crippen molar-refractivity contribution in [2.24, 2.45) is 0 Å². The van der Waals surface area contributed by atoms with Crippen LogP contribution in [0.2, 0.25) is 0 Å². The highest BCUT2D eigenvalue weighted by atomic mass is 32.2. The van der Waals surface area contributed by atoms with Gasteiger partial charge in [-0.2, -0.15) is 5.26 Å². The summed E-state index contributed by atoms with van der Waals surface area (Å²) in [6, 6.07) is 14.0. The van der Waals surface area contributed by atoms with Gasteiger partial charge in [0.05, 0.1) is 11.3 Å². The number of rotatable bonds is 7. The largest absolute Gasteiger partial charge is 0.482 e. The Morgan fingerprint density at radius 3 is 2.60 bits per heavy atom. The highest BCUT2D eigenvalue weighted by Gasteiger charge is 2.12. The van der Waals surface area contributed by atoms with Gasteiger partial charge in [-0.3, -0.25) is 20.4 Å². The van der Waals surface area contributed by atoms with Gasteiger partial charge in [-0.1, -0.05) is 23.9 Å².